The van der Waals surface area contributed by atoms with E-state index < -0.39 is 4.92 Å². The van der Waals surface area contributed by atoms with Gasteiger partial charge >= 0.3 is 0 Å². The summed E-state index contributed by atoms with van der Waals surface area (Å²) in [5.41, 5.74) is 3.59. The number of rotatable bonds is 6. The van der Waals surface area contributed by atoms with Crippen LogP contribution >= 0.6 is 0 Å². The molecule has 26 heavy (non-hydrogen) atoms. The van der Waals surface area contributed by atoms with Gasteiger partial charge < -0.3 is 0 Å². The smallest absolute Gasteiger partial charge is 0.270 e. The summed E-state index contributed by atoms with van der Waals surface area (Å²) in [4.78, 5) is 27.4. The van der Waals surface area contributed by atoms with Crippen LogP contribution < -0.4 is 11.0 Å². The fourth-order valence-electron chi connectivity index (χ4n) is 2.44. The summed E-state index contributed by atoms with van der Waals surface area (Å²) in [6.07, 6.45) is 3.01. The van der Waals surface area contributed by atoms with Crippen LogP contribution in [0.2, 0.25) is 0 Å². The molecule has 2 aromatic carbocycles. The zero-order valence-corrected chi connectivity index (χ0v) is 13.7. The minimum Gasteiger partial charge on any atom is -0.273 e. The third-order valence-corrected chi connectivity index (χ3v) is 3.63. The number of nitrogens with zero attached hydrogens (tertiary/aromatic N) is 4. The Hall–Kier alpha value is -3.81. The van der Waals surface area contributed by atoms with Gasteiger partial charge in [-0.1, -0.05) is 30.3 Å². The first-order chi connectivity index (χ1) is 12.6. The Morgan fingerprint density at radius 1 is 1.27 bits per heavy atom. The Balaban J connectivity index is 1.94. The maximum atomic E-state index is 12.6. The van der Waals surface area contributed by atoms with Crippen LogP contribution in [0.15, 0.2) is 71.1 Å². The molecule has 0 bridgehead atoms. The molecule has 0 aliphatic carbocycles. The quantitative estimate of drug-likeness (QED) is 0.319. The van der Waals surface area contributed by atoms with Crippen molar-refractivity contribution in [3.05, 3.63) is 87.2 Å². The lowest BCUT2D eigenvalue weighted by Crippen LogP contribution is -2.23. The van der Waals surface area contributed by atoms with E-state index in [9.17, 15) is 14.9 Å². The van der Waals surface area contributed by atoms with E-state index in [-0.39, 0.29) is 23.7 Å². The molecule has 0 aliphatic heterocycles. The van der Waals surface area contributed by atoms with Gasteiger partial charge in [0.15, 0.2) is 0 Å². The number of aromatic nitrogens is 2. The van der Waals surface area contributed by atoms with Crippen molar-refractivity contribution in [2.24, 2.45) is 5.10 Å². The Labute approximate surface area is 148 Å². The zero-order valence-electron chi connectivity index (χ0n) is 13.7. The highest BCUT2D eigenvalue weighted by atomic mass is 16.6. The van der Waals surface area contributed by atoms with Gasteiger partial charge in [0.2, 0.25) is 5.95 Å². The standard InChI is InChI=1S/C18H15N5O3/c1-2-10-22-17(24)15-8-3-4-9-16(15)20-18(22)21-19-12-13-6-5-7-14(11-13)23(25)26/h2-9,11-12H,1,10H2,(H,20,21)/b19-12-. The molecule has 3 aromatic rings. The molecular weight excluding hydrogens is 334 g/mol. The molecule has 0 radical (unpaired) electrons. The van der Waals surface area contributed by atoms with E-state index in [4.69, 9.17) is 0 Å². The predicted molar refractivity (Wildman–Crippen MR) is 101 cm³/mol. The number of nitro groups is 1. The number of hydrogen-bond acceptors (Lipinski definition) is 6. The molecule has 130 valence electrons. The largest absolute Gasteiger partial charge is 0.273 e. The van der Waals surface area contributed by atoms with Crippen LogP contribution in [0.1, 0.15) is 5.56 Å². The molecule has 0 spiro atoms. The number of nitro benzene ring substituents is 1. The summed E-state index contributed by atoms with van der Waals surface area (Å²) in [5, 5.41) is 15.4. The number of anilines is 1. The minimum atomic E-state index is -0.475. The fraction of sp³-hybridized carbons (Fsp3) is 0.0556. The van der Waals surface area contributed by atoms with Crippen LogP contribution in [0.4, 0.5) is 11.6 Å². The number of benzene rings is 2. The first-order valence-electron chi connectivity index (χ1n) is 7.74. The Morgan fingerprint density at radius 2 is 2.08 bits per heavy atom. The molecule has 0 aliphatic rings. The number of nitrogens with one attached hydrogen (secondary N) is 1. The lowest BCUT2D eigenvalue weighted by molar-refractivity contribution is -0.384. The number of allylic oxidation sites excluding steroid dienone is 1. The van der Waals surface area contributed by atoms with Crippen molar-refractivity contribution in [3.63, 3.8) is 0 Å². The molecule has 0 unspecified atom stereocenters. The highest BCUT2D eigenvalue weighted by Crippen LogP contribution is 2.13. The van der Waals surface area contributed by atoms with Crippen LogP contribution in [-0.4, -0.2) is 20.7 Å². The van der Waals surface area contributed by atoms with E-state index >= 15 is 0 Å². The molecule has 0 atom stereocenters. The van der Waals surface area contributed by atoms with Gasteiger partial charge in [0.25, 0.3) is 11.2 Å². The molecular formula is C18H15N5O3. The van der Waals surface area contributed by atoms with Gasteiger partial charge in [-0.25, -0.2) is 10.4 Å². The second-order valence-corrected chi connectivity index (χ2v) is 5.38. The summed E-state index contributed by atoms with van der Waals surface area (Å²) in [7, 11) is 0. The van der Waals surface area contributed by atoms with E-state index in [1.807, 2.05) is 0 Å². The van der Waals surface area contributed by atoms with E-state index in [2.05, 4.69) is 22.1 Å². The Bertz CT molecular complexity index is 1070. The van der Waals surface area contributed by atoms with Gasteiger partial charge in [-0.2, -0.15) is 5.10 Å². The van der Waals surface area contributed by atoms with E-state index in [1.54, 1.807) is 42.5 Å². The lowest BCUT2D eigenvalue weighted by Gasteiger charge is -2.10. The molecule has 1 aromatic heterocycles. The number of fused-ring (bicyclic) bond motifs is 1. The Kier molecular flexibility index (Phi) is 4.84. The molecule has 1 N–H and O–H groups in total. The topological polar surface area (TPSA) is 102 Å². The summed E-state index contributed by atoms with van der Waals surface area (Å²) in [6, 6.07) is 13.1. The zero-order chi connectivity index (χ0) is 18.5. The number of hydrazone groups is 1. The monoisotopic (exact) mass is 349 g/mol. The first-order valence-corrected chi connectivity index (χ1v) is 7.74. The summed E-state index contributed by atoms with van der Waals surface area (Å²) in [6.45, 7) is 3.92. The average molecular weight is 349 g/mol. The second kappa shape index (κ2) is 7.39. The number of para-hydroxylation sites is 1. The molecule has 8 nitrogen and oxygen atoms in total. The van der Waals surface area contributed by atoms with Gasteiger partial charge in [0, 0.05) is 24.2 Å². The van der Waals surface area contributed by atoms with Crippen molar-refractivity contribution in [1.82, 2.24) is 9.55 Å². The summed E-state index contributed by atoms with van der Waals surface area (Å²) < 4.78 is 1.42. The first kappa shape index (κ1) is 17.0. The van der Waals surface area contributed by atoms with E-state index in [0.717, 1.165) is 0 Å². The maximum Gasteiger partial charge on any atom is 0.270 e. The maximum absolute atomic E-state index is 12.6. The second-order valence-electron chi connectivity index (χ2n) is 5.38. The van der Waals surface area contributed by atoms with Crippen molar-refractivity contribution < 1.29 is 4.92 Å². The molecule has 0 amide bonds. The molecule has 3 rings (SSSR count). The Morgan fingerprint density at radius 3 is 2.85 bits per heavy atom. The van der Waals surface area contributed by atoms with Crippen LogP contribution in [0, 0.1) is 10.1 Å². The number of non-ortho nitro benzene ring substituents is 1. The van der Waals surface area contributed by atoms with E-state index in [0.29, 0.717) is 16.5 Å². The molecule has 0 fully saturated rings. The normalized spacial score (nSPS) is 10.9. The van der Waals surface area contributed by atoms with Crippen molar-refractivity contribution in [1.29, 1.82) is 0 Å². The fourth-order valence-corrected chi connectivity index (χ4v) is 2.44. The molecule has 0 saturated carbocycles. The highest BCUT2D eigenvalue weighted by Gasteiger charge is 2.09. The van der Waals surface area contributed by atoms with Crippen LogP contribution in [0.5, 0.6) is 0 Å². The lowest BCUT2D eigenvalue weighted by atomic mass is 10.2. The molecule has 1 heterocycles. The van der Waals surface area contributed by atoms with Crippen LogP contribution in [-0.2, 0) is 6.54 Å². The van der Waals surface area contributed by atoms with Gasteiger partial charge in [0.1, 0.15) is 0 Å². The number of hydrogen-bond donors (Lipinski definition) is 1. The van der Waals surface area contributed by atoms with Gasteiger partial charge in [-0.15, -0.1) is 6.58 Å². The van der Waals surface area contributed by atoms with Gasteiger partial charge in [-0.3, -0.25) is 19.5 Å². The van der Waals surface area contributed by atoms with Crippen molar-refractivity contribution in [2.75, 3.05) is 5.43 Å². The molecule has 8 heteroatoms. The average Bonchev–Trinajstić information content (AvgIpc) is 2.65. The SMILES string of the molecule is C=CCn1c(N/N=C\c2cccc([N+](=O)[O-])c2)nc2ccccc2c1=O. The van der Waals surface area contributed by atoms with Crippen molar-refractivity contribution in [3.8, 4) is 0 Å². The predicted octanol–water partition coefficient (Wildman–Crippen LogP) is 2.94. The minimum absolute atomic E-state index is 0.0265. The summed E-state index contributed by atoms with van der Waals surface area (Å²) in [5.74, 6) is 0.260. The van der Waals surface area contributed by atoms with Crippen molar-refractivity contribution in [2.45, 2.75) is 6.54 Å². The van der Waals surface area contributed by atoms with Gasteiger partial charge in [0.05, 0.1) is 22.0 Å². The van der Waals surface area contributed by atoms with Crippen molar-refractivity contribution >= 4 is 28.8 Å². The van der Waals surface area contributed by atoms with Crippen LogP contribution in [0.3, 0.4) is 0 Å². The van der Waals surface area contributed by atoms with Gasteiger partial charge in [-0.05, 0) is 12.1 Å². The third-order valence-electron chi connectivity index (χ3n) is 3.63. The highest BCUT2D eigenvalue weighted by molar-refractivity contribution is 5.81. The summed E-state index contributed by atoms with van der Waals surface area (Å²) >= 11 is 0. The third kappa shape index (κ3) is 3.48. The molecule has 0 saturated heterocycles. The van der Waals surface area contributed by atoms with E-state index in [1.165, 1.54) is 22.9 Å². The van der Waals surface area contributed by atoms with Crippen LogP contribution in [0.25, 0.3) is 10.9 Å².